The van der Waals surface area contributed by atoms with E-state index in [9.17, 15) is 5.11 Å². The van der Waals surface area contributed by atoms with Crippen LogP contribution < -0.4 is 10.4 Å². The van der Waals surface area contributed by atoms with Crippen molar-refractivity contribution in [2.45, 2.75) is 44.2 Å². The van der Waals surface area contributed by atoms with Crippen LogP contribution >= 0.6 is 0 Å². The van der Waals surface area contributed by atoms with Crippen LogP contribution in [-0.4, -0.2) is 16.7 Å². The van der Waals surface area contributed by atoms with Crippen LogP contribution in [0.5, 0.6) is 0 Å². The molecule has 116 valence electrons. The first-order valence-electron chi connectivity index (χ1n) is 8.05. The number of anilines is 2. The first kappa shape index (κ1) is 15.1. The Morgan fingerprint density at radius 3 is 2.00 bits per heavy atom. The van der Waals surface area contributed by atoms with Gasteiger partial charge in [-0.2, -0.15) is 0 Å². The zero-order valence-corrected chi connectivity index (χ0v) is 13.1. The minimum Gasteiger partial charge on any atom is -0.388 e. The molecular weight excluding hydrogens is 272 g/mol. The molecule has 2 aromatic rings. The number of benzene rings is 2. The molecule has 0 saturated heterocycles. The normalized spacial score (nSPS) is 24.9. The van der Waals surface area contributed by atoms with E-state index in [0.717, 1.165) is 37.1 Å². The second-order valence-electron chi connectivity index (χ2n) is 6.29. The van der Waals surface area contributed by atoms with Gasteiger partial charge in [-0.3, -0.25) is 5.01 Å². The van der Waals surface area contributed by atoms with Crippen molar-refractivity contribution in [3.8, 4) is 0 Å². The van der Waals surface area contributed by atoms with Crippen molar-refractivity contribution in [3.63, 3.8) is 0 Å². The molecule has 0 radical (unpaired) electrons. The molecule has 0 unspecified atom stereocenters. The highest BCUT2D eigenvalue weighted by atomic mass is 16.3. The van der Waals surface area contributed by atoms with Crippen LogP contribution in [0.1, 0.15) is 32.6 Å². The van der Waals surface area contributed by atoms with E-state index in [2.05, 4.69) is 34.7 Å². The summed E-state index contributed by atoms with van der Waals surface area (Å²) < 4.78 is 0. The number of rotatable bonds is 4. The average molecular weight is 296 g/mol. The van der Waals surface area contributed by atoms with Crippen molar-refractivity contribution < 1.29 is 5.11 Å². The van der Waals surface area contributed by atoms with Gasteiger partial charge in [-0.05, 0) is 44.0 Å². The van der Waals surface area contributed by atoms with Gasteiger partial charge in [-0.1, -0.05) is 49.2 Å². The molecule has 3 nitrogen and oxygen atoms in total. The van der Waals surface area contributed by atoms with Crippen molar-refractivity contribution in [1.29, 1.82) is 0 Å². The number of hydrazine groups is 1. The van der Waals surface area contributed by atoms with Gasteiger partial charge in [0.2, 0.25) is 0 Å². The van der Waals surface area contributed by atoms with E-state index in [-0.39, 0.29) is 6.04 Å². The van der Waals surface area contributed by atoms with Crippen molar-refractivity contribution in [1.82, 2.24) is 5.43 Å². The molecular formula is C19H24N2O. The van der Waals surface area contributed by atoms with Gasteiger partial charge in [0.15, 0.2) is 0 Å². The van der Waals surface area contributed by atoms with Crippen LogP contribution in [0.3, 0.4) is 0 Å². The fourth-order valence-electron chi connectivity index (χ4n) is 3.13. The summed E-state index contributed by atoms with van der Waals surface area (Å²) in [6.07, 6.45) is 4.10. The van der Waals surface area contributed by atoms with Crippen molar-refractivity contribution >= 4 is 11.4 Å². The third kappa shape index (κ3) is 3.32. The van der Waals surface area contributed by atoms with Gasteiger partial charge in [0.05, 0.1) is 23.0 Å². The number of hydrogen-bond acceptors (Lipinski definition) is 3. The maximum Gasteiger partial charge on any atom is 0.0790 e. The third-order valence-corrected chi connectivity index (χ3v) is 4.49. The van der Waals surface area contributed by atoms with Crippen molar-refractivity contribution in [3.05, 3.63) is 60.7 Å². The number of hydrogen-bond donors (Lipinski definition) is 2. The summed E-state index contributed by atoms with van der Waals surface area (Å²) in [6.45, 7) is 1.94. The lowest BCUT2D eigenvalue weighted by Gasteiger charge is -2.41. The van der Waals surface area contributed by atoms with E-state index < -0.39 is 5.60 Å². The predicted octanol–water partition coefficient (Wildman–Crippen LogP) is 4.02. The highest BCUT2D eigenvalue weighted by Crippen LogP contribution is 2.31. The third-order valence-electron chi connectivity index (χ3n) is 4.49. The number of para-hydroxylation sites is 2. The van der Waals surface area contributed by atoms with E-state index in [1.807, 2.05) is 43.3 Å². The molecule has 0 spiro atoms. The molecule has 22 heavy (non-hydrogen) atoms. The van der Waals surface area contributed by atoms with Crippen LogP contribution in [0.25, 0.3) is 0 Å². The Morgan fingerprint density at radius 2 is 1.50 bits per heavy atom. The summed E-state index contributed by atoms with van der Waals surface area (Å²) in [5.74, 6) is 0. The van der Waals surface area contributed by atoms with E-state index in [4.69, 9.17) is 0 Å². The first-order valence-corrected chi connectivity index (χ1v) is 8.05. The van der Waals surface area contributed by atoms with Gasteiger partial charge in [0.25, 0.3) is 0 Å². The van der Waals surface area contributed by atoms with E-state index in [1.54, 1.807) is 0 Å². The van der Waals surface area contributed by atoms with Crippen LogP contribution in [0.4, 0.5) is 11.4 Å². The molecule has 2 N–H and O–H groups in total. The fraction of sp³-hybridized carbons (Fsp3) is 0.368. The van der Waals surface area contributed by atoms with Crippen LogP contribution in [0.2, 0.25) is 0 Å². The Balaban J connectivity index is 1.89. The predicted molar refractivity (Wildman–Crippen MR) is 91.0 cm³/mol. The van der Waals surface area contributed by atoms with Gasteiger partial charge >= 0.3 is 0 Å². The topological polar surface area (TPSA) is 35.5 Å². The first-order chi connectivity index (χ1) is 10.7. The van der Waals surface area contributed by atoms with Gasteiger partial charge < -0.3 is 5.11 Å². The molecule has 1 saturated carbocycles. The molecule has 0 bridgehead atoms. The molecule has 1 aliphatic carbocycles. The smallest absolute Gasteiger partial charge is 0.0790 e. The molecule has 0 aromatic heterocycles. The maximum atomic E-state index is 10.7. The molecule has 0 amide bonds. The van der Waals surface area contributed by atoms with Crippen LogP contribution in [0.15, 0.2) is 60.7 Å². The van der Waals surface area contributed by atoms with Crippen molar-refractivity contribution in [2.24, 2.45) is 0 Å². The van der Waals surface area contributed by atoms with E-state index in [1.165, 1.54) is 0 Å². The standard InChI is InChI=1S/C19H24N2O/c1-19(22)15-9-8-14-18(19)20-21(16-10-4-2-5-11-16)17-12-6-3-7-13-17/h2-7,10-13,18,20,22H,8-9,14-15H2,1H3/t18-,19+/m0/s1. The van der Waals surface area contributed by atoms with Gasteiger partial charge in [-0.25, -0.2) is 5.43 Å². The van der Waals surface area contributed by atoms with Crippen LogP contribution in [0, 0.1) is 0 Å². The lowest BCUT2D eigenvalue weighted by Crippen LogP contribution is -2.55. The summed E-state index contributed by atoms with van der Waals surface area (Å²) in [7, 11) is 0. The molecule has 1 aliphatic rings. The molecule has 0 heterocycles. The fourth-order valence-corrected chi connectivity index (χ4v) is 3.13. The monoisotopic (exact) mass is 296 g/mol. The lowest BCUT2D eigenvalue weighted by atomic mass is 9.82. The Hall–Kier alpha value is -1.84. The van der Waals surface area contributed by atoms with Gasteiger partial charge in [-0.15, -0.1) is 0 Å². The summed E-state index contributed by atoms with van der Waals surface area (Å²) in [4.78, 5) is 0. The van der Waals surface area contributed by atoms with Gasteiger partial charge in [0.1, 0.15) is 0 Å². The average Bonchev–Trinajstić information content (AvgIpc) is 2.55. The van der Waals surface area contributed by atoms with E-state index in [0.29, 0.717) is 0 Å². The Morgan fingerprint density at radius 1 is 0.955 bits per heavy atom. The molecule has 0 aliphatic heterocycles. The van der Waals surface area contributed by atoms with Gasteiger partial charge in [0, 0.05) is 0 Å². The van der Waals surface area contributed by atoms with Crippen molar-refractivity contribution in [2.75, 3.05) is 5.01 Å². The Bertz CT molecular complexity index is 543. The Kier molecular flexibility index (Phi) is 4.46. The highest BCUT2D eigenvalue weighted by Gasteiger charge is 2.35. The number of nitrogens with one attached hydrogen (secondary N) is 1. The Labute approximate surface area is 132 Å². The maximum absolute atomic E-state index is 10.7. The second-order valence-corrected chi connectivity index (χ2v) is 6.29. The second kappa shape index (κ2) is 6.51. The largest absolute Gasteiger partial charge is 0.388 e. The summed E-state index contributed by atoms with van der Waals surface area (Å²) in [5, 5.41) is 12.8. The summed E-state index contributed by atoms with van der Waals surface area (Å²) >= 11 is 0. The SMILES string of the molecule is C[C@@]1(O)CCCC[C@@H]1NN(c1ccccc1)c1ccccc1. The quantitative estimate of drug-likeness (QED) is 0.836. The number of nitrogens with zero attached hydrogens (tertiary/aromatic N) is 1. The van der Waals surface area contributed by atoms with E-state index >= 15 is 0 Å². The zero-order chi connectivity index (χ0) is 15.4. The minimum absolute atomic E-state index is 0.0571. The lowest BCUT2D eigenvalue weighted by molar-refractivity contribution is -0.00979. The molecule has 3 rings (SSSR count). The molecule has 1 fully saturated rings. The molecule has 3 heteroatoms. The minimum atomic E-state index is -0.667. The summed E-state index contributed by atoms with van der Waals surface area (Å²) in [5.41, 5.74) is 5.05. The van der Waals surface area contributed by atoms with Crippen LogP contribution in [-0.2, 0) is 0 Å². The zero-order valence-electron chi connectivity index (χ0n) is 13.1. The number of aliphatic hydroxyl groups is 1. The highest BCUT2D eigenvalue weighted by molar-refractivity contribution is 5.61. The molecule has 2 atom stereocenters. The summed E-state index contributed by atoms with van der Waals surface area (Å²) in [6, 6.07) is 20.6. The molecule has 2 aromatic carbocycles.